The van der Waals surface area contributed by atoms with Crippen molar-refractivity contribution in [2.75, 3.05) is 0 Å². The summed E-state index contributed by atoms with van der Waals surface area (Å²) in [6.07, 6.45) is 0.496. The summed E-state index contributed by atoms with van der Waals surface area (Å²) >= 11 is 0. The Balaban J connectivity index is 2.12. The van der Waals surface area contributed by atoms with Gasteiger partial charge in [-0.2, -0.15) is 18.3 Å². The lowest BCUT2D eigenvalue weighted by atomic mass is 9.92. The Bertz CT molecular complexity index is 358. The van der Waals surface area contributed by atoms with E-state index in [-0.39, 0.29) is 12.1 Å². The highest BCUT2D eigenvalue weighted by Gasteiger charge is 2.34. The third kappa shape index (κ3) is 2.37. The number of nitrogens with zero attached hydrogens (tertiary/aromatic N) is 2. The lowest BCUT2D eigenvalue weighted by Gasteiger charge is -2.26. The van der Waals surface area contributed by atoms with E-state index in [2.05, 4.69) is 5.10 Å². The maximum Gasteiger partial charge on any atom is 0.435 e. The number of aromatic nitrogens is 2. The fraction of sp³-hybridized carbons (Fsp3) is 0.700. The van der Waals surface area contributed by atoms with Crippen LogP contribution in [0.4, 0.5) is 13.2 Å². The molecule has 0 bridgehead atoms. The number of hydrogen-bond acceptors (Lipinski definition) is 2. The van der Waals surface area contributed by atoms with Gasteiger partial charge in [0, 0.05) is 12.2 Å². The molecule has 0 spiro atoms. The van der Waals surface area contributed by atoms with Crippen molar-refractivity contribution in [3.8, 4) is 0 Å². The Labute approximate surface area is 91.4 Å². The molecule has 2 unspecified atom stereocenters. The molecule has 6 heteroatoms. The first-order valence-corrected chi connectivity index (χ1v) is 5.35. The average Bonchev–Trinajstić information content (AvgIpc) is 2.65. The van der Waals surface area contributed by atoms with Gasteiger partial charge in [0.1, 0.15) is 0 Å². The van der Waals surface area contributed by atoms with Crippen LogP contribution in [0.1, 0.15) is 37.4 Å². The van der Waals surface area contributed by atoms with Gasteiger partial charge < -0.3 is 5.73 Å². The zero-order valence-corrected chi connectivity index (χ0v) is 8.74. The summed E-state index contributed by atoms with van der Waals surface area (Å²) in [7, 11) is 0. The monoisotopic (exact) mass is 233 g/mol. The molecule has 2 rings (SSSR count). The molecule has 16 heavy (non-hydrogen) atoms. The first kappa shape index (κ1) is 11.4. The Morgan fingerprint density at radius 1 is 1.38 bits per heavy atom. The summed E-state index contributed by atoms with van der Waals surface area (Å²) in [6, 6.07) is 1.11. The Morgan fingerprint density at radius 2 is 2.12 bits per heavy atom. The van der Waals surface area contributed by atoms with E-state index in [1.807, 2.05) is 0 Å². The van der Waals surface area contributed by atoms with Gasteiger partial charge in [0.05, 0.1) is 6.04 Å². The topological polar surface area (TPSA) is 43.8 Å². The third-order valence-corrected chi connectivity index (χ3v) is 2.96. The van der Waals surface area contributed by atoms with E-state index in [0.29, 0.717) is 6.42 Å². The molecule has 1 aliphatic carbocycles. The van der Waals surface area contributed by atoms with E-state index in [9.17, 15) is 13.2 Å². The van der Waals surface area contributed by atoms with Crippen LogP contribution in [0.2, 0.25) is 0 Å². The quantitative estimate of drug-likeness (QED) is 0.809. The third-order valence-electron chi connectivity index (χ3n) is 2.96. The van der Waals surface area contributed by atoms with E-state index in [0.717, 1.165) is 25.3 Å². The van der Waals surface area contributed by atoms with Gasteiger partial charge >= 0.3 is 6.18 Å². The largest absolute Gasteiger partial charge is 0.435 e. The second kappa shape index (κ2) is 4.08. The summed E-state index contributed by atoms with van der Waals surface area (Å²) in [6.45, 7) is 0. The lowest BCUT2D eigenvalue weighted by Crippen LogP contribution is -2.29. The minimum atomic E-state index is -4.36. The molecule has 0 aliphatic heterocycles. The highest BCUT2D eigenvalue weighted by atomic mass is 19.4. The second-order valence-electron chi connectivity index (χ2n) is 4.26. The van der Waals surface area contributed by atoms with Gasteiger partial charge in [0.25, 0.3) is 0 Å². The Morgan fingerprint density at radius 3 is 2.69 bits per heavy atom. The maximum absolute atomic E-state index is 12.3. The fourth-order valence-corrected chi connectivity index (χ4v) is 2.13. The van der Waals surface area contributed by atoms with Crippen LogP contribution in [0.25, 0.3) is 0 Å². The van der Waals surface area contributed by atoms with Gasteiger partial charge in [-0.05, 0) is 31.7 Å². The number of nitrogens with two attached hydrogens (primary N) is 1. The van der Waals surface area contributed by atoms with Crippen molar-refractivity contribution in [3.63, 3.8) is 0 Å². The number of alkyl halides is 3. The number of halogens is 3. The van der Waals surface area contributed by atoms with Crippen LogP contribution in [0.5, 0.6) is 0 Å². The molecule has 1 aromatic rings. The molecule has 0 saturated heterocycles. The summed E-state index contributed by atoms with van der Waals surface area (Å²) in [5.74, 6) is 0. The molecule has 1 aliphatic rings. The highest BCUT2D eigenvalue weighted by molar-refractivity contribution is 5.04. The van der Waals surface area contributed by atoms with E-state index in [1.54, 1.807) is 0 Å². The zero-order valence-electron chi connectivity index (χ0n) is 8.74. The van der Waals surface area contributed by atoms with Crippen LogP contribution < -0.4 is 5.73 Å². The van der Waals surface area contributed by atoms with Crippen molar-refractivity contribution in [2.24, 2.45) is 5.73 Å². The average molecular weight is 233 g/mol. The first-order chi connectivity index (χ1) is 7.47. The molecule has 0 radical (unpaired) electrons. The molecule has 1 heterocycles. The molecule has 2 N–H and O–H groups in total. The molecule has 3 nitrogen and oxygen atoms in total. The molecule has 1 aromatic heterocycles. The van der Waals surface area contributed by atoms with E-state index < -0.39 is 11.9 Å². The summed E-state index contributed by atoms with van der Waals surface area (Å²) in [5.41, 5.74) is 4.96. The molecule has 1 saturated carbocycles. The van der Waals surface area contributed by atoms with Gasteiger partial charge in [-0.3, -0.25) is 4.68 Å². The predicted molar refractivity (Wildman–Crippen MR) is 52.7 cm³/mol. The fourth-order valence-electron chi connectivity index (χ4n) is 2.13. The van der Waals surface area contributed by atoms with Gasteiger partial charge in [-0.1, -0.05) is 0 Å². The van der Waals surface area contributed by atoms with Gasteiger partial charge in [0.15, 0.2) is 5.69 Å². The Kier molecular flexibility index (Phi) is 2.92. The van der Waals surface area contributed by atoms with Crippen molar-refractivity contribution in [3.05, 3.63) is 18.0 Å². The van der Waals surface area contributed by atoms with Crippen molar-refractivity contribution in [1.82, 2.24) is 9.78 Å². The molecule has 90 valence electrons. The minimum absolute atomic E-state index is 0.0137. The second-order valence-corrected chi connectivity index (χ2v) is 4.26. The standard InChI is InChI=1S/C10H14F3N3/c11-10(12,13)9-4-5-16(15-9)8-3-1-2-7(14)6-8/h4-5,7-8H,1-3,6,14H2. The smallest absolute Gasteiger partial charge is 0.328 e. The molecule has 1 fully saturated rings. The Hall–Kier alpha value is -1.04. The maximum atomic E-state index is 12.3. The molecular formula is C10H14F3N3. The van der Waals surface area contributed by atoms with Gasteiger partial charge in [-0.25, -0.2) is 0 Å². The molecule has 2 atom stereocenters. The van der Waals surface area contributed by atoms with Gasteiger partial charge in [0.2, 0.25) is 0 Å². The van der Waals surface area contributed by atoms with E-state index in [1.165, 1.54) is 10.9 Å². The summed E-state index contributed by atoms with van der Waals surface area (Å²) in [5, 5.41) is 3.58. The first-order valence-electron chi connectivity index (χ1n) is 5.35. The van der Waals surface area contributed by atoms with Crippen molar-refractivity contribution in [2.45, 2.75) is 43.9 Å². The molecule has 0 aromatic carbocycles. The van der Waals surface area contributed by atoms with Crippen LogP contribution in [-0.2, 0) is 6.18 Å². The SMILES string of the molecule is NC1CCCC(n2ccc(C(F)(F)F)n2)C1. The highest BCUT2D eigenvalue weighted by Crippen LogP contribution is 2.31. The van der Waals surface area contributed by atoms with Crippen molar-refractivity contribution >= 4 is 0 Å². The van der Waals surface area contributed by atoms with Gasteiger partial charge in [-0.15, -0.1) is 0 Å². The van der Waals surface area contributed by atoms with Crippen LogP contribution >= 0.6 is 0 Å². The lowest BCUT2D eigenvalue weighted by molar-refractivity contribution is -0.141. The molecule has 0 amide bonds. The van der Waals surface area contributed by atoms with E-state index >= 15 is 0 Å². The van der Waals surface area contributed by atoms with Crippen LogP contribution in [0, 0.1) is 0 Å². The predicted octanol–water partition coefficient (Wildman–Crippen LogP) is 2.34. The zero-order chi connectivity index (χ0) is 11.8. The van der Waals surface area contributed by atoms with Crippen LogP contribution in [-0.4, -0.2) is 15.8 Å². The molecular weight excluding hydrogens is 219 g/mol. The number of hydrogen-bond donors (Lipinski definition) is 1. The minimum Gasteiger partial charge on any atom is -0.328 e. The van der Waals surface area contributed by atoms with Crippen molar-refractivity contribution < 1.29 is 13.2 Å². The summed E-state index contributed by atoms with van der Waals surface area (Å²) < 4.78 is 38.4. The summed E-state index contributed by atoms with van der Waals surface area (Å²) in [4.78, 5) is 0. The number of rotatable bonds is 1. The van der Waals surface area contributed by atoms with Crippen LogP contribution in [0.15, 0.2) is 12.3 Å². The van der Waals surface area contributed by atoms with E-state index in [4.69, 9.17) is 5.73 Å². The van der Waals surface area contributed by atoms with Crippen molar-refractivity contribution in [1.29, 1.82) is 0 Å². The van der Waals surface area contributed by atoms with Crippen LogP contribution in [0.3, 0.4) is 0 Å². The normalized spacial score (nSPS) is 27.0.